The van der Waals surface area contributed by atoms with Crippen LogP contribution >= 0.6 is 0 Å². The van der Waals surface area contributed by atoms with Gasteiger partial charge in [-0.3, -0.25) is 0 Å². The maximum atomic E-state index is 14.2. The monoisotopic (exact) mass is 272 g/mol. The van der Waals surface area contributed by atoms with Crippen molar-refractivity contribution in [2.45, 2.75) is 31.7 Å². The predicted octanol–water partition coefficient (Wildman–Crippen LogP) is 3.80. The molecule has 106 valence electrons. The summed E-state index contributed by atoms with van der Waals surface area (Å²) in [4.78, 5) is 2.15. The summed E-state index contributed by atoms with van der Waals surface area (Å²) < 4.78 is 14.2. The number of allylic oxidation sites excluding steroid dienone is 1. The van der Waals surface area contributed by atoms with Gasteiger partial charge in [-0.05, 0) is 49.8 Å². The molecule has 1 aromatic rings. The standard InChI is InChI=1S/C17H21FN2/c18-15-11-13(6-7-17(15)20-8-1-2-9-20)19-16-10-12-4-3-5-14(12)16/h3,5-7,11-12,14,16,19H,1-2,4,8-10H2. The Morgan fingerprint density at radius 2 is 2.05 bits per heavy atom. The van der Waals surface area contributed by atoms with Crippen molar-refractivity contribution in [2.24, 2.45) is 11.8 Å². The van der Waals surface area contributed by atoms with Crippen LogP contribution < -0.4 is 10.2 Å². The molecule has 0 aromatic heterocycles. The molecule has 2 nitrogen and oxygen atoms in total. The summed E-state index contributed by atoms with van der Waals surface area (Å²) in [6, 6.07) is 6.13. The van der Waals surface area contributed by atoms with Gasteiger partial charge in [-0.2, -0.15) is 0 Å². The lowest BCUT2D eigenvalue weighted by molar-refractivity contribution is 0.218. The van der Waals surface area contributed by atoms with Gasteiger partial charge in [0.05, 0.1) is 5.69 Å². The molecule has 2 fully saturated rings. The van der Waals surface area contributed by atoms with E-state index in [0.717, 1.165) is 30.4 Å². The quantitative estimate of drug-likeness (QED) is 0.842. The zero-order valence-corrected chi connectivity index (χ0v) is 11.7. The molecule has 3 atom stereocenters. The van der Waals surface area contributed by atoms with E-state index >= 15 is 0 Å². The Hall–Kier alpha value is -1.51. The highest BCUT2D eigenvalue weighted by Crippen LogP contribution is 2.44. The summed E-state index contributed by atoms with van der Waals surface area (Å²) in [6.07, 6.45) is 9.40. The number of nitrogens with zero attached hydrogens (tertiary/aromatic N) is 1. The first-order valence-electron chi connectivity index (χ1n) is 7.79. The van der Waals surface area contributed by atoms with Crippen LogP contribution in [0.1, 0.15) is 25.7 Å². The van der Waals surface area contributed by atoms with E-state index in [1.54, 1.807) is 6.07 Å². The minimum absolute atomic E-state index is 0.0882. The third kappa shape index (κ3) is 2.00. The van der Waals surface area contributed by atoms with Gasteiger partial charge in [-0.25, -0.2) is 4.39 Å². The third-order valence-corrected chi connectivity index (χ3v) is 5.11. The Kier molecular flexibility index (Phi) is 2.94. The number of anilines is 2. The molecule has 3 aliphatic rings. The lowest BCUT2D eigenvalue weighted by atomic mass is 9.71. The van der Waals surface area contributed by atoms with Crippen LogP contribution in [0.2, 0.25) is 0 Å². The molecular formula is C17H21FN2. The van der Waals surface area contributed by atoms with Crippen LogP contribution in [0.3, 0.4) is 0 Å². The topological polar surface area (TPSA) is 15.3 Å². The van der Waals surface area contributed by atoms with Gasteiger partial charge in [0, 0.05) is 30.7 Å². The predicted molar refractivity (Wildman–Crippen MR) is 80.6 cm³/mol. The average molecular weight is 272 g/mol. The second kappa shape index (κ2) is 4.80. The second-order valence-electron chi connectivity index (χ2n) is 6.35. The summed E-state index contributed by atoms with van der Waals surface area (Å²) in [5.74, 6) is 1.41. The maximum absolute atomic E-state index is 14.2. The highest BCUT2D eigenvalue weighted by Gasteiger charge is 2.40. The van der Waals surface area contributed by atoms with Crippen molar-refractivity contribution in [2.75, 3.05) is 23.3 Å². The van der Waals surface area contributed by atoms with Crippen molar-refractivity contribution in [3.8, 4) is 0 Å². The second-order valence-corrected chi connectivity index (χ2v) is 6.35. The molecular weight excluding hydrogens is 251 g/mol. The highest BCUT2D eigenvalue weighted by atomic mass is 19.1. The van der Waals surface area contributed by atoms with Crippen LogP contribution in [0.5, 0.6) is 0 Å². The Balaban J connectivity index is 1.46. The number of rotatable bonds is 3. The fraction of sp³-hybridized carbons (Fsp3) is 0.529. The number of halogens is 1. The van der Waals surface area contributed by atoms with Crippen LogP contribution in [0, 0.1) is 17.7 Å². The molecule has 1 N–H and O–H groups in total. The summed E-state index contributed by atoms with van der Waals surface area (Å²) in [5.41, 5.74) is 1.69. The van der Waals surface area contributed by atoms with Crippen LogP contribution in [-0.2, 0) is 0 Å². The molecule has 1 aromatic carbocycles. The molecule has 1 aliphatic heterocycles. The number of benzene rings is 1. The molecule has 3 unspecified atom stereocenters. The fourth-order valence-corrected chi connectivity index (χ4v) is 3.91. The molecule has 1 saturated heterocycles. The minimum atomic E-state index is -0.0882. The van der Waals surface area contributed by atoms with Crippen molar-refractivity contribution in [3.63, 3.8) is 0 Å². The van der Waals surface area contributed by atoms with E-state index < -0.39 is 0 Å². The molecule has 0 amide bonds. The zero-order chi connectivity index (χ0) is 13.5. The van der Waals surface area contributed by atoms with Crippen LogP contribution in [0.25, 0.3) is 0 Å². The largest absolute Gasteiger partial charge is 0.382 e. The number of hydrogen-bond acceptors (Lipinski definition) is 2. The van der Waals surface area contributed by atoms with Gasteiger partial charge in [0.25, 0.3) is 0 Å². The van der Waals surface area contributed by atoms with E-state index in [-0.39, 0.29) is 5.82 Å². The first-order chi connectivity index (χ1) is 9.81. The Bertz CT molecular complexity index is 534. The lowest BCUT2D eigenvalue weighted by Crippen LogP contribution is -2.43. The molecule has 1 saturated carbocycles. The van der Waals surface area contributed by atoms with E-state index in [1.807, 2.05) is 12.1 Å². The van der Waals surface area contributed by atoms with Crippen molar-refractivity contribution < 1.29 is 4.39 Å². The Morgan fingerprint density at radius 3 is 2.80 bits per heavy atom. The Labute approximate surface area is 119 Å². The SMILES string of the molecule is Fc1cc(NC2CC3CC=CC32)ccc1N1CCCC1. The van der Waals surface area contributed by atoms with E-state index in [0.29, 0.717) is 12.0 Å². The summed E-state index contributed by atoms with van der Waals surface area (Å²) in [7, 11) is 0. The van der Waals surface area contributed by atoms with Gasteiger partial charge in [-0.15, -0.1) is 0 Å². The zero-order valence-electron chi connectivity index (χ0n) is 11.7. The first kappa shape index (κ1) is 12.2. The summed E-state index contributed by atoms with van der Waals surface area (Å²) in [6.45, 7) is 1.97. The number of nitrogens with one attached hydrogen (secondary N) is 1. The molecule has 0 spiro atoms. The normalized spacial score (nSPS) is 31.2. The van der Waals surface area contributed by atoms with Crippen LogP contribution in [-0.4, -0.2) is 19.1 Å². The average Bonchev–Trinajstić information content (AvgIpc) is 3.05. The Morgan fingerprint density at radius 1 is 1.20 bits per heavy atom. The maximum Gasteiger partial charge on any atom is 0.148 e. The molecule has 4 rings (SSSR count). The van der Waals surface area contributed by atoms with Crippen molar-refractivity contribution in [3.05, 3.63) is 36.2 Å². The molecule has 2 aliphatic carbocycles. The molecule has 0 bridgehead atoms. The van der Waals surface area contributed by atoms with Gasteiger partial charge in [0.2, 0.25) is 0 Å². The van der Waals surface area contributed by atoms with E-state index in [2.05, 4.69) is 22.4 Å². The first-order valence-corrected chi connectivity index (χ1v) is 7.79. The number of fused-ring (bicyclic) bond motifs is 1. The molecule has 3 heteroatoms. The molecule has 20 heavy (non-hydrogen) atoms. The van der Waals surface area contributed by atoms with E-state index in [1.165, 1.54) is 25.7 Å². The van der Waals surface area contributed by atoms with E-state index in [4.69, 9.17) is 0 Å². The van der Waals surface area contributed by atoms with Crippen molar-refractivity contribution in [1.82, 2.24) is 0 Å². The highest BCUT2D eigenvalue weighted by molar-refractivity contribution is 5.57. The minimum Gasteiger partial charge on any atom is -0.382 e. The van der Waals surface area contributed by atoms with Gasteiger partial charge < -0.3 is 10.2 Å². The van der Waals surface area contributed by atoms with E-state index in [9.17, 15) is 4.39 Å². The summed E-state index contributed by atoms with van der Waals surface area (Å²) in [5, 5.41) is 3.50. The smallest absolute Gasteiger partial charge is 0.148 e. The van der Waals surface area contributed by atoms with Gasteiger partial charge in [-0.1, -0.05) is 12.2 Å². The third-order valence-electron chi connectivity index (χ3n) is 5.11. The van der Waals surface area contributed by atoms with Crippen LogP contribution in [0.15, 0.2) is 30.4 Å². The lowest BCUT2D eigenvalue weighted by Gasteiger charge is -2.41. The fourth-order valence-electron chi connectivity index (χ4n) is 3.91. The van der Waals surface area contributed by atoms with Gasteiger partial charge >= 0.3 is 0 Å². The molecule has 0 radical (unpaired) electrons. The van der Waals surface area contributed by atoms with Gasteiger partial charge in [0.1, 0.15) is 5.82 Å². The molecule has 1 heterocycles. The van der Waals surface area contributed by atoms with Crippen LogP contribution in [0.4, 0.5) is 15.8 Å². The number of hydrogen-bond donors (Lipinski definition) is 1. The van der Waals surface area contributed by atoms with Crippen molar-refractivity contribution >= 4 is 11.4 Å². The van der Waals surface area contributed by atoms with Crippen molar-refractivity contribution in [1.29, 1.82) is 0 Å². The summed E-state index contributed by atoms with van der Waals surface area (Å²) >= 11 is 0. The van der Waals surface area contributed by atoms with Gasteiger partial charge in [0.15, 0.2) is 0 Å².